The van der Waals surface area contributed by atoms with E-state index in [-0.39, 0.29) is 17.9 Å². The average Bonchev–Trinajstić information content (AvgIpc) is 2.82. The van der Waals surface area contributed by atoms with Crippen LogP contribution in [-0.4, -0.2) is 49.1 Å². The summed E-state index contributed by atoms with van der Waals surface area (Å²) in [6.07, 6.45) is 8.39. The smallest absolute Gasteiger partial charge is 0.434 e. The van der Waals surface area contributed by atoms with Crippen molar-refractivity contribution in [3.63, 3.8) is 0 Å². The van der Waals surface area contributed by atoms with E-state index >= 15 is 0 Å². The van der Waals surface area contributed by atoms with Crippen LogP contribution < -0.4 is 10.1 Å². The van der Waals surface area contributed by atoms with Gasteiger partial charge in [-0.2, -0.15) is 0 Å². The molecular weight excluding hydrogens is 432 g/mol. The minimum atomic E-state index is -0.751. The first kappa shape index (κ1) is 23.2. The number of rotatable bonds is 6. The van der Waals surface area contributed by atoms with Crippen LogP contribution in [0.15, 0.2) is 24.3 Å². The molecule has 5 fully saturated rings. The van der Waals surface area contributed by atoms with Crippen LogP contribution in [0.5, 0.6) is 5.75 Å². The molecule has 4 bridgehead atoms. The van der Waals surface area contributed by atoms with Gasteiger partial charge < -0.3 is 19.7 Å². The molecule has 5 aliphatic rings. The third kappa shape index (κ3) is 4.80. The zero-order valence-corrected chi connectivity index (χ0v) is 20.1. The van der Waals surface area contributed by atoms with E-state index in [4.69, 9.17) is 9.47 Å². The van der Waals surface area contributed by atoms with Crippen molar-refractivity contribution in [2.75, 3.05) is 26.2 Å². The quantitative estimate of drug-likeness (QED) is 0.494. The van der Waals surface area contributed by atoms with Gasteiger partial charge in [0.25, 0.3) is 5.91 Å². The highest BCUT2D eigenvalue weighted by Gasteiger charge is 2.54. The van der Waals surface area contributed by atoms with Crippen LogP contribution in [0.25, 0.3) is 0 Å². The molecule has 1 heterocycles. The van der Waals surface area contributed by atoms with Crippen molar-refractivity contribution in [1.82, 2.24) is 10.2 Å². The molecule has 34 heavy (non-hydrogen) atoms. The molecule has 2 amide bonds. The van der Waals surface area contributed by atoms with Gasteiger partial charge in [-0.1, -0.05) is 0 Å². The summed E-state index contributed by atoms with van der Waals surface area (Å²) in [5.74, 6) is 3.38. The zero-order valence-electron chi connectivity index (χ0n) is 20.1. The molecule has 1 N–H and O–H groups in total. The maximum atomic E-state index is 13.2. The van der Waals surface area contributed by atoms with E-state index in [2.05, 4.69) is 5.32 Å². The Balaban J connectivity index is 1.08. The minimum absolute atomic E-state index is 0.0151. The van der Waals surface area contributed by atoms with Crippen molar-refractivity contribution in [3.05, 3.63) is 29.8 Å². The number of hydrogen-bond donors (Lipinski definition) is 1. The Morgan fingerprint density at radius 1 is 0.971 bits per heavy atom. The Labute approximate surface area is 201 Å². The van der Waals surface area contributed by atoms with Crippen LogP contribution in [0.3, 0.4) is 0 Å². The molecule has 1 aliphatic heterocycles. The highest BCUT2D eigenvalue weighted by atomic mass is 16.7. The van der Waals surface area contributed by atoms with Crippen LogP contribution >= 0.6 is 0 Å². The van der Waals surface area contributed by atoms with Crippen LogP contribution in [0.1, 0.15) is 68.6 Å². The van der Waals surface area contributed by atoms with Gasteiger partial charge in [-0.25, -0.2) is 4.79 Å². The van der Waals surface area contributed by atoms with Gasteiger partial charge in [0.15, 0.2) is 0 Å². The summed E-state index contributed by atoms with van der Waals surface area (Å²) in [6, 6.07) is 6.57. The van der Waals surface area contributed by atoms with Crippen LogP contribution in [0.2, 0.25) is 0 Å². The number of likely N-dealkylation sites (tertiary alicyclic amines) is 1. The number of ether oxygens (including phenoxy) is 2. The fourth-order valence-corrected chi connectivity index (χ4v) is 7.25. The van der Waals surface area contributed by atoms with Crippen molar-refractivity contribution >= 4 is 18.0 Å². The Bertz CT molecular complexity index is 884. The van der Waals surface area contributed by atoms with Gasteiger partial charge in [-0.3, -0.25) is 9.59 Å². The van der Waals surface area contributed by atoms with Crippen molar-refractivity contribution in [2.45, 2.75) is 58.3 Å². The summed E-state index contributed by atoms with van der Waals surface area (Å²) in [5.41, 5.74) is 0.485. The first-order chi connectivity index (χ1) is 16.4. The normalized spacial score (nSPS) is 30.1. The lowest BCUT2D eigenvalue weighted by atomic mass is 9.49. The molecule has 6 rings (SSSR count). The summed E-state index contributed by atoms with van der Waals surface area (Å²) < 4.78 is 9.81. The number of nitrogens with one attached hydrogen (secondary N) is 1. The van der Waals surface area contributed by atoms with E-state index in [1.165, 1.54) is 19.3 Å². The maximum absolute atomic E-state index is 13.2. The average molecular weight is 469 g/mol. The predicted octanol–water partition coefficient (Wildman–Crippen LogP) is 4.41. The highest BCUT2D eigenvalue weighted by Crippen LogP contribution is 2.60. The molecule has 7 nitrogen and oxygen atoms in total. The number of hydrogen-bond acceptors (Lipinski definition) is 5. The standard InChI is InChI=1S/C27H36N2O5/c1-2-33-26(32)34-23-5-3-22(4-6-23)24(30)29-9-7-18(8-10-29)17-28-25(31)27-14-19-11-20(15-27)13-21(12-19)16-27/h3-6,18-21H,2,7-17H2,1H3,(H,28,31). The predicted molar refractivity (Wildman–Crippen MR) is 126 cm³/mol. The van der Waals surface area contributed by atoms with Crippen molar-refractivity contribution in [1.29, 1.82) is 0 Å². The number of amides is 2. The molecule has 0 spiro atoms. The molecule has 0 atom stereocenters. The summed E-state index contributed by atoms with van der Waals surface area (Å²) in [6.45, 7) is 4.07. The molecule has 184 valence electrons. The lowest BCUT2D eigenvalue weighted by Gasteiger charge is -2.55. The number of piperidine rings is 1. The highest BCUT2D eigenvalue weighted by molar-refractivity contribution is 5.94. The van der Waals surface area contributed by atoms with Gasteiger partial charge in [-0.05, 0) is 106 Å². The molecule has 7 heteroatoms. The van der Waals surface area contributed by atoms with E-state index in [1.54, 1.807) is 31.2 Å². The topological polar surface area (TPSA) is 84.9 Å². The third-order valence-electron chi connectivity index (χ3n) is 8.54. The number of benzene rings is 1. The second-order valence-corrected chi connectivity index (χ2v) is 11.0. The third-order valence-corrected chi connectivity index (χ3v) is 8.54. The fraction of sp³-hybridized carbons (Fsp3) is 0.667. The summed E-state index contributed by atoms with van der Waals surface area (Å²) >= 11 is 0. The molecule has 0 radical (unpaired) electrons. The molecular formula is C27H36N2O5. The fourth-order valence-electron chi connectivity index (χ4n) is 7.25. The molecule has 1 aromatic carbocycles. The number of carbonyl (C=O) groups excluding carboxylic acids is 3. The van der Waals surface area contributed by atoms with Gasteiger partial charge in [-0.15, -0.1) is 0 Å². The minimum Gasteiger partial charge on any atom is -0.434 e. The van der Waals surface area contributed by atoms with Gasteiger partial charge >= 0.3 is 6.16 Å². The van der Waals surface area contributed by atoms with E-state index in [0.29, 0.717) is 36.2 Å². The Kier molecular flexibility index (Phi) is 6.54. The van der Waals surface area contributed by atoms with Crippen LogP contribution in [0, 0.1) is 29.1 Å². The van der Waals surface area contributed by atoms with E-state index in [0.717, 1.165) is 56.4 Å². The van der Waals surface area contributed by atoms with Gasteiger partial charge in [0.2, 0.25) is 5.91 Å². The lowest BCUT2D eigenvalue weighted by molar-refractivity contribution is -0.146. The van der Waals surface area contributed by atoms with Gasteiger partial charge in [0, 0.05) is 30.6 Å². The lowest BCUT2D eigenvalue weighted by Crippen LogP contribution is -2.54. The van der Waals surface area contributed by atoms with E-state index in [1.807, 2.05) is 4.90 Å². The van der Waals surface area contributed by atoms with Gasteiger partial charge in [0.05, 0.1) is 6.61 Å². The van der Waals surface area contributed by atoms with E-state index in [9.17, 15) is 14.4 Å². The molecule has 0 unspecified atom stereocenters. The second-order valence-electron chi connectivity index (χ2n) is 11.0. The van der Waals surface area contributed by atoms with Crippen molar-refractivity contribution in [2.24, 2.45) is 29.1 Å². The summed E-state index contributed by atoms with van der Waals surface area (Å²) in [4.78, 5) is 39.4. The molecule has 0 aromatic heterocycles. The van der Waals surface area contributed by atoms with Crippen molar-refractivity contribution in [3.8, 4) is 5.75 Å². The molecule has 4 saturated carbocycles. The molecule has 1 aromatic rings. The first-order valence-electron chi connectivity index (χ1n) is 13.0. The second kappa shape index (κ2) is 9.59. The maximum Gasteiger partial charge on any atom is 0.513 e. The van der Waals surface area contributed by atoms with E-state index < -0.39 is 6.16 Å². The summed E-state index contributed by atoms with van der Waals surface area (Å²) in [7, 11) is 0. The number of carbonyl (C=O) groups is 3. The Morgan fingerprint density at radius 3 is 2.12 bits per heavy atom. The number of nitrogens with zero attached hydrogens (tertiary/aromatic N) is 1. The molecule has 4 aliphatic carbocycles. The Hall–Kier alpha value is -2.57. The SMILES string of the molecule is CCOC(=O)Oc1ccc(C(=O)N2CCC(CNC(=O)C34CC5CC(CC(C5)C3)C4)CC2)cc1. The molecule has 1 saturated heterocycles. The monoisotopic (exact) mass is 468 g/mol. The van der Waals surface area contributed by atoms with Crippen molar-refractivity contribution < 1.29 is 23.9 Å². The zero-order chi connectivity index (χ0) is 23.7. The van der Waals surface area contributed by atoms with Crippen LogP contribution in [-0.2, 0) is 9.53 Å². The first-order valence-corrected chi connectivity index (χ1v) is 13.0. The summed E-state index contributed by atoms with van der Waals surface area (Å²) in [5, 5.41) is 3.32. The Morgan fingerprint density at radius 2 is 1.56 bits per heavy atom. The van der Waals surface area contributed by atoms with Crippen LogP contribution in [0.4, 0.5) is 4.79 Å². The van der Waals surface area contributed by atoms with Gasteiger partial charge in [0.1, 0.15) is 5.75 Å². The largest absolute Gasteiger partial charge is 0.513 e.